The summed E-state index contributed by atoms with van der Waals surface area (Å²) in [6, 6.07) is 6.05. The highest BCUT2D eigenvalue weighted by atomic mass is 16.3. The van der Waals surface area contributed by atoms with Crippen molar-refractivity contribution in [3.63, 3.8) is 0 Å². The first-order chi connectivity index (χ1) is 10.1. The minimum atomic E-state index is -0.714. The maximum atomic E-state index is 11.7. The van der Waals surface area contributed by atoms with Gasteiger partial charge in [-0.2, -0.15) is 0 Å². The van der Waals surface area contributed by atoms with E-state index in [0.717, 1.165) is 18.4 Å². The van der Waals surface area contributed by atoms with Gasteiger partial charge < -0.3 is 15.7 Å². The Morgan fingerprint density at radius 2 is 1.90 bits per heavy atom. The number of nitrogens with one attached hydrogen (secondary N) is 2. The monoisotopic (exact) mass is 290 g/mol. The SMILES string of the molecule is CC(NC(=O)C(=O)NCCO)c1ccc2c(c1)CCCC2. The fourth-order valence-corrected chi connectivity index (χ4v) is 2.62. The van der Waals surface area contributed by atoms with Gasteiger partial charge in [0.15, 0.2) is 0 Å². The topological polar surface area (TPSA) is 78.4 Å². The Morgan fingerprint density at radius 1 is 1.19 bits per heavy atom. The Bertz CT molecular complexity index is 528. The smallest absolute Gasteiger partial charge is 0.309 e. The third-order valence-electron chi connectivity index (χ3n) is 3.82. The molecule has 1 unspecified atom stereocenters. The van der Waals surface area contributed by atoms with E-state index in [0.29, 0.717) is 0 Å². The molecule has 2 amide bonds. The largest absolute Gasteiger partial charge is 0.395 e. The van der Waals surface area contributed by atoms with E-state index < -0.39 is 11.8 Å². The van der Waals surface area contributed by atoms with E-state index in [1.165, 1.54) is 24.0 Å². The number of aryl methyl sites for hydroxylation is 2. The second kappa shape index (κ2) is 7.22. The fraction of sp³-hybridized carbons (Fsp3) is 0.500. The molecule has 1 aliphatic rings. The van der Waals surface area contributed by atoms with Gasteiger partial charge in [0.05, 0.1) is 12.6 Å². The van der Waals surface area contributed by atoms with Crippen LogP contribution in [0.1, 0.15) is 42.5 Å². The molecular formula is C16H22N2O3. The zero-order chi connectivity index (χ0) is 15.2. The normalized spacial score (nSPS) is 15.0. The molecule has 3 N–H and O–H groups in total. The van der Waals surface area contributed by atoms with Crippen molar-refractivity contribution in [1.29, 1.82) is 0 Å². The molecule has 0 fully saturated rings. The summed E-state index contributed by atoms with van der Waals surface area (Å²) in [5.41, 5.74) is 3.76. The zero-order valence-corrected chi connectivity index (χ0v) is 12.3. The number of fused-ring (bicyclic) bond motifs is 1. The van der Waals surface area contributed by atoms with Gasteiger partial charge in [-0.25, -0.2) is 0 Å². The first kappa shape index (κ1) is 15.5. The van der Waals surface area contributed by atoms with Gasteiger partial charge in [0.25, 0.3) is 0 Å². The Hall–Kier alpha value is -1.88. The molecule has 0 aliphatic heterocycles. The molecule has 1 atom stereocenters. The van der Waals surface area contributed by atoms with Crippen molar-refractivity contribution in [2.45, 2.75) is 38.6 Å². The summed E-state index contributed by atoms with van der Waals surface area (Å²) >= 11 is 0. The Labute approximate surface area is 124 Å². The number of rotatable bonds is 4. The third-order valence-corrected chi connectivity index (χ3v) is 3.82. The van der Waals surface area contributed by atoms with E-state index in [9.17, 15) is 9.59 Å². The minimum Gasteiger partial charge on any atom is -0.395 e. The Morgan fingerprint density at radius 3 is 2.62 bits per heavy atom. The van der Waals surface area contributed by atoms with Crippen LogP contribution >= 0.6 is 0 Å². The minimum absolute atomic E-state index is 0.0828. The van der Waals surface area contributed by atoms with Crippen molar-refractivity contribution in [1.82, 2.24) is 10.6 Å². The van der Waals surface area contributed by atoms with E-state index in [4.69, 9.17) is 5.11 Å². The van der Waals surface area contributed by atoms with Crippen molar-refractivity contribution in [3.05, 3.63) is 34.9 Å². The summed E-state index contributed by atoms with van der Waals surface area (Å²) in [4.78, 5) is 23.2. The summed E-state index contributed by atoms with van der Waals surface area (Å²) < 4.78 is 0. The molecule has 0 saturated carbocycles. The van der Waals surface area contributed by atoms with Crippen molar-refractivity contribution in [2.75, 3.05) is 13.2 Å². The molecule has 5 nitrogen and oxygen atoms in total. The maximum absolute atomic E-state index is 11.7. The van der Waals surface area contributed by atoms with Crippen molar-refractivity contribution in [2.24, 2.45) is 0 Å². The van der Waals surface area contributed by atoms with Crippen LogP contribution in [0.4, 0.5) is 0 Å². The highest BCUT2D eigenvalue weighted by Gasteiger charge is 2.18. The number of hydrogen-bond acceptors (Lipinski definition) is 3. The van der Waals surface area contributed by atoms with E-state index in [2.05, 4.69) is 22.8 Å². The van der Waals surface area contributed by atoms with Gasteiger partial charge in [0.1, 0.15) is 0 Å². The van der Waals surface area contributed by atoms with Gasteiger partial charge in [-0.3, -0.25) is 9.59 Å². The van der Waals surface area contributed by atoms with Gasteiger partial charge in [-0.1, -0.05) is 18.2 Å². The molecule has 1 aromatic rings. The molecule has 0 bridgehead atoms. The first-order valence-corrected chi connectivity index (χ1v) is 7.43. The molecule has 5 heteroatoms. The van der Waals surface area contributed by atoms with Gasteiger partial charge in [-0.15, -0.1) is 0 Å². The lowest BCUT2D eigenvalue weighted by Gasteiger charge is -2.19. The molecule has 2 rings (SSSR count). The number of benzene rings is 1. The molecule has 0 saturated heterocycles. The lowest BCUT2D eigenvalue weighted by atomic mass is 9.89. The average molecular weight is 290 g/mol. The maximum Gasteiger partial charge on any atom is 0.309 e. The quantitative estimate of drug-likeness (QED) is 0.719. The molecule has 0 aromatic heterocycles. The fourth-order valence-electron chi connectivity index (χ4n) is 2.62. The predicted octanol–water partition coefficient (Wildman–Crippen LogP) is 0.851. The van der Waals surface area contributed by atoms with Crippen LogP contribution in [0.25, 0.3) is 0 Å². The summed E-state index contributed by atoms with van der Waals surface area (Å²) in [6.07, 6.45) is 4.66. The van der Waals surface area contributed by atoms with Crippen LogP contribution in [0.3, 0.4) is 0 Å². The molecule has 1 aliphatic carbocycles. The standard InChI is InChI=1S/C16H22N2O3/c1-11(18-16(21)15(20)17-8-9-19)13-7-6-12-4-2-3-5-14(12)10-13/h6-7,10-11,19H,2-5,8-9H2,1H3,(H,17,20)(H,18,21). The van der Waals surface area contributed by atoms with E-state index in [-0.39, 0.29) is 19.2 Å². The number of aliphatic hydroxyl groups is 1. The van der Waals surface area contributed by atoms with Gasteiger partial charge in [-0.05, 0) is 49.3 Å². The van der Waals surface area contributed by atoms with Crippen LogP contribution in [0.2, 0.25) is 0 Å². The molecule has 0 heterocycles. The van der Waals surface area contributed by atoms with E-state index in [1.807, 2.05) is 13.0 Å². The highest BCUT2D eigenvalue weighted by molar-refractivity contribution is 6.35. The number of amides is 2. The van der Waals surface area contributed by atoms with Crippen molar-refractivity contribution >= 4 is 11.8 Å². The number of carbonyl (C=O) groups is 2. The molecule has 0 radical (unpaired) electrons. The van der Waals surface area contributed by atoms with Crippen LogP contribution in [-0.2, 0) is 22.4 Å². The van der Waals surface area contributed by atoms with Crippen LogP contribution in [-0.4, -0.2) is 30.1 Å². The van der Waals surface area contributed by atoms with Gasteiger partial charge >= 0.3 is 11.8 Å². The third kappa shape index (κ3) is 4.04. The molecule has 21 heavy (non-hydrogen) atoms. The predicted molar refractivity (Wildman–Crippen MR) is 79.7 cm³/mol. The first-order valence-electron chi connectivity index (χ1n) is 7.43. The number of carbonyl (C=O) groups excluding carboxylic acids is 2. The van der Waals surface area contributed by atoms with E-state index in [1.54, 1.807) is 0 Å². The average Bonchev–Trinajstić information content (AvgIpc) is 2.51. The molecule has 114 valence electrons. The second-order valence-corrected chi connectivity index (χ2v) is 5.41. The van der Waals surface area contributed by atoms with Gasteiger partial charge in [0, 0.05) is 6.54 Å². The summed E-state index contributed by atoms with van der Waals surface area (Å²) in [5, 5.41) is 13.6. The highest BCUT2D eigenvalue weighted by Crippen LogP contribution is 2.24. The van der Waals surface area contributed by atoms with Crippen LogP contribution < -0.4 is 10.6 Å². The van der Waals surface area contributed by atoms with Crippen molar-refractivity contribution in [3.8, 4) is 0 Å². The van der Waals surface area contributed by atoms with Crippen LogP contribution in [0.15, 0.2) is 18.2 Å². The van der Waals surface area contributed by atoms with Crippen LogP contribution in [0.5, 0.6) is 0 Å². The lowest BCUT2D eigenvalue weighted by molar-refractivity contribution is -0.139. The Kier molecular flexibility index (Phi) is 5.33. The van der Waals surface area contributed by atoms with Crippen LogP contribution in [0, 0.1) is 0 Å². The number of hydrogen-bond donors (Lipinski definition) is 3. The molecule has 0 spiro atoms. The summed E-state index contributed by atoms with van der Waals surface area (Å²) in [7, 11) is 0. The molecular weight excluding hydrogens is 268 g/mol. The zero-order valence-electron chi connectivity index (χ0n) is 12.3. The van der Waals surface area contributed by atoms with Crippen molar-refractivity contribution < 1.29 is 14.7 Å². The van der Waals surface area contributed by atoms with E-state index >= 15 is 0 Å². The number of aliphatic hydroxyl groups excluding tert-OH is 1. The second-order valence-electron chi connectivity index (χ2n) is 5.41. The lowest BCUT2D eigenvalue weighted by Crippen LogP contribution is -2.41. The Balaban J connectivity index is 1.98. The summed E-state index contributed by atoms with van der Waals surface area (Å²) in [5.74, 6) is -1.39. The summed E-state index contributed by atoms with van der Waals surface area (Å²) in [6.45, 7) is 1.76. The van der Waals surface area contributed by atoms with Gasteiger partial charge in [0.2, 0.25) is 0 Å². The molecule has 1 aromatic carbocycles.